The SMILES string of the molecule is O=C(N[C@H]1CCCOC1)c1ccc(C(F)(F)F)c(=O)[nH]1. The fourth-order valence-corrected chi connectivity index (χ4v) is 1.95. The van der Waals surface area contributed by atoms with Gasteiger partial charge in [0.05, 0.1) is 12.6 Å². The van der Waals surface area contributed by atoms with Gasteiger partial charge in [-0.05, 0) is 25.0 Å². The van der Waals surface area contributed by atoms with Crippen LogP contribution in [0, 0.1) is 0 Å². The van der Waals surface area contributed by atoms with Crippen molar-refractivity contribution in [3.05, 3.63) is 33.7 Å². The van der Waals surface area contributed by atoms with Crippen molar-refractivity contribution >= 4 is 5.91 Å². The number of carbonyl (C=O) groups excluding carboxylic acids is 1. The lowest BCUT2D eigenvalue weighted by molar-refractivity contribution is -0.138. The van der Waals surface area contributed by atoms with Gasteiger partial charge >= 0.3 is 6.18 Å². The second-order valence-electron chi connectivity index (χ2n) is 4.50. The highest BCUT2D eigenvalue weighted by molar-refractivity contribution is 5.92. The minimum Gasteiger partial charge on any atom is -0.379 e. The number of hydrogen-bond donors (Lipinski definition) is 2. The van der Waals surface area contributed by atoms with Crippen LogP contribution in [-0.4, -0.2) is 30.1 Å². The van der Waals surface area contributed by atoms with Gasteiger partial charge in [0.15, 0.2) is 0 Å². The van der Waals surface area contributed by atoms with Crippen LogP contribution in [0.15, 0.2) is 16.9 Å². The van der Waals surface area contributed by atoms with E-state index in [9.17, 15) is 22.8 Å². The van der Waals surface area contributed by atoms with Gasteiger partial charge in [-0.1, -0.05) is 0 Å². The number of hydrogen-bond acceptors (Lipinski definition) is 3. The zero-order valence-corrected chi connectivity index (χ0v) is 10.4. The molecule has 0 bridgehead atoms. The summed E-state index contributed by atoms with van der Waals surface area (Å²) in [6, 6.07) is 1.36. The molecule has 0 aliphatic carbocycles. The first kappa shape index (κ1) is 14.6. The molecular formula is C12H13F3N2O3. The standard InChI is InChI=1S/C12H13F3N2O3/c13-12(14,15)8-3-4-9(17-10(8)18)11(19)16-7-2-1-5-20-6-7/h3-4,7H,1-2,5-6H2,(H,16,19)(H,17,18)/t7-/m0/s1. The molecule has 2 heterocycles. The van der Waals surface area contributed by atoms with Crippen molar-refractivity contribution < 1.29 is 22.7 Å². The molecule has 1 aliphatic rings. The van der Waals surface area contributed by atoms with E-state index < -0.39 is 23.2 Å². The molecule has 0 unspecified atom stereocenters. The molecule has 1 saturated heterocycles. The van der Waals surface area contributed by atoms with Crippen LogP contribution in [0.25, 0.3) is 0 Å². The zero-order valence-electron chi connectivity index (χ0n) is 10.4. The van der Waals surface area contributed by atoms with Gasteiger partial charge in [-0.15, -0.1) is 0 Å². The van der Waals surface area contributed by atoms with E-state index in [-0.39, 0.29) is 11.7 Å². The van der Waals surface area contributed by atoms with Crippen LogP contribution in [0.1, 0.15) is 28.9 Å². The molecule has 2 rings (SSSR count). The van der Waals surface area contributed by atoms with E-state index in [4.69, 9.17) is 4.74 Å². The Bertz CT molecular complexity index is 548. The predicted octanol–water partition coefficient (Wildman–Crippen LogP) is 1.30. The number of H-pyrrole nitrogens is 1. The van der Waals surface area contributed by atoms with Crippen molar-refractivity contribution in [3.63, 3.8) is 0 Å². The van der Waals surface area contributed by atoms with Crippen LogP contribution in [0.3, 0.4) is 0 Å². The molecule has 0 aromatic carbocycles. The number of nitrogens with one attached hydrogen (secondary N) is 2. The Labute approximate surface area is 112 Å². The number of amides is 1. The largest absolute Gasteiger partial charge is 0.421 e. The molecule has 1 aliphatic heterocycles. The van der Waals surface area contributed by atoms with E-state index in [2.05, 4.69) is 5.32 Å². The zero-order chi connectivity index (χ0) is 14.8. The minimum absolute atomic E-state index is 0.193. The Hall–Kier alpha value is -1.83. The summed E-state index contributed by atoms with van der Waals surface area (Å²) in [6.45, 7) is 0.986. The third-order valence-electron chi connectivity index (χ3n) is 2.96. The van der Waals surface area contributed by atoms with Gasteiger partial charge in [0.2, 0.25) is 0 Å². The molecule has 1 aromatic heterocycles. The molecule has 0 radical (unpaired) electrons. The summed E-state index contributed by atoms with van der Waals surface area (Å²) in [5.41, 5.74) is -2.85. The molecule has 8 heteroatoms. The lowest BCUT2D eigenvalue weighted by Crippen LogP contribution is -2.41. The van der Waals surface area contributed by atoms with E-state index in [1.165, 1.54) is 0 Å². The van der Waals surface area contributed by atoms with E-state index in [0.29, 0.717) is 19.3 Å². The number of pyridine rings is 1. The number of aromatic amines is 1. The topological polar surface area (TPSA) is 71.2 Å². The average Bonchev–Trinajstić information content (AvgIpc) is 2.38. The van der Waals surface area contributed by atoms with Crippen molar-refractivity contribution in [3.8, 4) is 0 Å². The molecule has 0 saturated carbocycles. The van der Waals surface area contributed by atoms with Crippen molar-refractivity contribution in [2.75, 3.05) is 13.2 Å². The summed E-state index contributed by atoms with van der Waals surface area (Å²) in [5.74, 6) is -0.619. The van der Waals surface area contributed by atoms with Crippen molar-refractivity contribution in [1.29, 1.82) is 0 Å². The lowest BCUT2D eigenvalue weighted by Gasteiger charge is -2.23. The van der Waals surface area contributed by atoms with Crippen LogP contribution in [0.2, 0.25) is 0 Å². The Kier molecular flexibility index (Phi) is 4.12. The normalized spacial score (nSPS) is 19.6. The van der Waals surface area contributed by atoms with Crippen molar-refractivity contribution in [2.24, 2.45) is 0 Å². The van der Waals surface area contributed by atoms with Gasteiger partial charge < -0.3 is 15.0 Å². The van der Waals surface area contributed by atoms with Gasteiger partial charge in [-0.25, -0.2) is 0 Å². The van der Waals surface area contributed by atoms with Crippen molar-refractivity contribution in [1.82, 2.24) is 10.3 Å². The first-order chi connectivity index (χ1) is 9.38. The second-order valence-corrected chi connectivity index (χ2v) is 4.50. The van der Waals surface area contributed by atoms with Crippen molar-refractivity contribution in [2.45, 2.75) is 25.1 Å². The van der Waals surface area contributed by atoms with E-state index >= 15 is 0 Å². The molecule has 5 nitrogen and oxygen atoms in total. The Morgan fingerprint density at radius 2 is 2.15 bits per heavy atom. The van der Waals surface area contributed by atoms with Gasteiger partial charge in [-0.3, -0.25) is 9.59 Å². The average molecular weight is 290 g/mol. The smallest absolute Gasteiger partial charge is 0.379 e. The van der Waals surface area contributed by atoms with E-state index in [1.54, 1.807) is 0 Å². The van der Waals surface area contributed by atoms with Crippen LogP contribution in [0.4, 0.5) is 13.2 Å². The van der Waals surface area contributed by atoms with E-state index in [1.807, 2.05) is 4.98 Å². The first-order valence-electron chi connectivity index (χ1n) is 6.07. The summed E-state index contributed by atoms with van der Waals surface area (Å²) < 4.78 is 42.4. The first-order valence-corrected chi connectivity index (χ1v) is 6.07. The monoisotopic (exact) mass is 290 g/mol. The van der Waals surface area contributed by atoms with Gasteiger partial charge in [0, 0.05) is 6.61 Å². The van der Waals surface area contributed by atoms with Gasteiger partial charge in [-0.2, -0.15) is 13.2 Å². The molecule has 1 fully saturated rings. The molecule has 1 amide bonds. The molecule has 110 valence electrons. The summed E-state index contributed by atoms with van der Waals surface area (Å²) >= 11 is 0. The third-order valence-corrected chi connectivity index (χ3v) is 2.96. The summed E-state index contributed by atoms with van der Waals surface area (Å²) in [6.07, 6.45) is -3.20. The molecule has 1 atom stereocenters. The molecule has 0 spiro atoms. The minimum atomic E-state index is -4.74. The number of rotatable bonds is 2. The fourth-order valence-electron chi connectivity index (χ4n) is 1.95. The maximum absolute atomic E-state index is 12.4. The van der Waals surface area contributed by atoms with Crippen LogP contribution in [-0.2, 0) is 10.9 Å². The van der Waals surface area contributed by atoms with Crippen LogP contribution >= 0.6 is 0 Å². The molecular weight excluding hydrogens is 277 g/mol. The maximum atomic E-state index is 12.4. The third kappa shape index (κ3) is 3.38. The maximum Gasteiger partial charge on any atom is 0.421 e. The highest BCUT2D eigenvalue weighted by atomic mass is 19.4. The van der Waals surface area contributed by atoms with Crippen LogP contribution < -0.4 is 10.9 Å². The predicted molar refractivity (Wildman–Crippen MR) is 63.4 cm³/mol. The second kappa shape index (κ2) is 5.66. The number of alkyl halides is 3. The molecule has 1 aromatic rings. The Morgan fingerprint density at radius 1 is 1.40 bits per heavy atom. The molecule has 20 heavy (non-hydrogen) atoms. The molecule has 2 N–H and O–H groups in total. The summed E-state index contributed by atoms with van der Waals surface area (Å²) in [5, 5.41) is 2.61. The summed E-state index contributed by atoms with van der Waals surface area (Å²) in [4.78, 5) is 25.1. The Balaban J connectivity index is 2.11. The van der Waals surface area contributed by atoms with Crippen LogP contribution in [0.5, 0.6) is 0 Å². The highest BCUT2D eigenvalue weighted by Crippen LogP contribution is 2.25. The Morgan fingerprint density at radius 3 is 2.70 bits per heavy atom. The fraction of sp³-hybridized carbons (Fsp3) is 0.500. The van der Waals surface area contributed by atoms with Gasteiger partial charge in [0.1, 0.15) is 11.3 Å². The van der Waals surface area contributed by atoms with E-state index in [0.717, 1.165) is 18.9 Å². The number of aromatic nitrogens is 1. The lowest BCUT2D eigenvalue weighted by atomic mass is 10.1. The number of halogens is 3. The summed E-state index contributed by atoms with van der Waals surface area (Å²) in [7, 11) is 0. The quantitative estimate of drug-likeness (QED) is 0.862. The number of ether oxygens (including phenoxy) is 1. The van der Waals surface area contributed by atoms with Gasteiger partial charge in [0.25, 0.3) is 11.5 Å². The number of carbonyl (C=O) groups is 1. The highest BCUT2D eigenvalue weighted by Gasteiger charge is 2.34.